The largest absolute Gasteiger partial charge is 0.492 e. The maximum absolute atomic E-state index is 8.73. The van der Waals surface area contributed by atoms with E-state index in [9.17, 15) is 0 Å². The van der Waals surface area contributed by atoms with Gasteiger partial charge >= 0.3 is 0 Å². The summed E-state index contributed by atoms with van der Waals surface area (Å²) in [6.45, 7) is 3.99. The van der Waals surface area contributed by atoms with Crippen LogP contribution >= 0.6 is 0 Å². The second-order valence-corrected chi connectivity index (χ2v) is 5.34. The van der Waals surface area contributed by atoms with E-state index in [4.69, 9.17) is 21.0 Å². The number of benzene rings is 1. The predicted molar refractivity (Wildman–Crippen MR) is 96.9 cm³/mol. The van der Waals surface area contributed by atoms with Crippen LogP contribution < -0.4 is 11.1 Å². The molecular formula is C18H24N4O2. The van der Waals surface area contributed by atoms with Crippen molar-refractivity contribution in [3.63, 3.8) is 0 Å². The Hall–Kier alpha value is -2.44. The van der Waals surface area contributed by atoms with Gasteiger partial charge in [-0.1, -0.05) is 12.1 Å². The van der Waals surface area contributed by atoms with E-state index in [1.165, 1.54) is 5.56 Å². The fourth-order valence-electron chi connectivity index (χ4n) is 2.27. The molecule has 0 fully saturated rings. The van der Waals surface area contributed by atoms with Crippen molar-refractivity contribution in [1.82, 2.24) is 5.32 Å². The normalized spacial score (nSPS) is 16.1. The Morgan fingerprint density at radius 2 is 1.96 bits per heavy atom. The van der Waals surface area contributed by atoms with Gasteiger partial charge in [-0.25, -0.2) is 4.99 Å². The molecule has 0 aromatic heterocycles. The van der Waals surface area contributed by atoms with Crippen molar-refractivity contribution in [2.45, 2.75) is 13.3 Å². The highest BCUT2D eigenvalue weighted by atomic mass is 16.5. The van der Waals surface area contributed by atoms with Gasteiger partial charge in [-0.05, 0) is 43.7 Å². The highest BCUT2D eigenvalue weighted by Crippen LogP contribution is 2.18. The van der Waals surface area contributed by atoms with Crippen LogP contribution in [0.2, 0.25) is 0 Å². The molecule has 1 aromatic rings. The fourth-order valence-corrected chi connectivity index (χ4v) is 2.27. The fraction of sp³-hybridized carbons (Fsp3) is 0.333. The van der Waals surface area contributed by atoms with Gasteiger partial charge in [-0.2, -0.15) is 0 Å². The number of rotatable bonds is 8. The van der Waals surface area contributed by atoms with Crippen LogP contribution in [-0.2, 0) is 11.2 Å². The minimum absolute atomic E-state index is 0.151. The molecule has 24 heavy (non-hydrogen) atoms. The molecule has 0 heterocycles. The monoisotopic (exact) mass is 328 g/mol. The van der Waals surface area contributed by atoms with Gasteiger partial charge in [0.05, 0.1) is 36.0 Å². The lowest BCUT2D eigenvalue weighted by Crippen LogP contribution is -2.20. The molecule has 0 atom stereocenters. The molecule has 0 radical (unpaired) electrons. The number of nitrogens with one attached hydrogen (secondary N) is 2. The van der Waals surface area contributed by atoms with Crippen LogP contribution in [0.25, 0.3) is 0 Å². The van der Waals surface area contributed by atoms with Crippen LogP contribution in [-0.4, -0.2) is 42.8 Å². The smallest absolute Gasteiger partial charge is 0.144 e. The van der Waals surface area contributed by atoms with Gasteiger partial charge in [0.1, 0.15) is 5.76 Å². The van der Waals surface area contributed by atoms with Crippen molar-refractivity contribution in [2.75, 3.05) is 26.3 Å². The van der Waals surface area contributed by atoms with Crippen molar-refractivity contribution in [2.24, 2.45) is 10.7 Å². The van der Waals surface area contributed by atoms with E-state index in [-0.39, 0.29) is 12.3 Å². The second kappa shape index (κ2) is 9.00. The number of nitrogens with zero attached hydrogens (tertiary/aromatic N) is 1. The van der Waals surface area contributed by atoms with E-state index in [1.807, 2.05) is 31.2 Å². The summed E-state index contributed by atoms with van der Waals surface area (Å²) in [5.74, 6) is 0.554. The minimum atomic E-state index is 0.151. The molecule has 128 valence electrons. The maximum Gasteiger partial charge on any atom is 0.144 e. The molecule has 5 N–H and O–H groups in total. The van der Waals surface area contributed by atoms with E-state index in [0.29, 0.717) is 30.3 Å². The van der Waals surface area contributed by atoms with Gasteiger partial charge in [-0.3, -0.25) is 5.41 Å². The first-order valence-corrected chi connectivity index (χ1v) is 8.04. The topological polar surface area (TPSA) is 104 Å². The van der Waals surface area contributed by atoms with Crippen LogP contribution in [0.3, 0.4) is 0 Å². The van der Waals surface area contributed by atoms with Crippen molar-refractivity contribution >= 4 is 17.1 Å². The number of ether oxygens (including phenoxy) is 1. The summed E-state index contributed by atoms with van der Waals surface area (Å²) in [5, 5.41) is 19.9. The summed E-state index contributed by atoms with van der Waals surface area (Å²) >= 11 is 0. The van der Waals surface area contributed by atoms with Crippen molar-refractivity contribution < 1.29 is 9.84 Å². The van der Waals surface area contributed by atoms with Gasteiger partial charge in [0.25, 0.3) is 0 Å². The zero-order chi connectivity index (χ0) is 17.4. The number of aliphatic hydroxyl groups is 1. The van der Waals surface area contributed by atoms with Crippen LogP contribution in [0.5, 0.6) is 0 Å². The van der Waals surface area contributed by atoms with E-state index in [1.54, 1.807) is 12.2 Å². The van der Waals surface area contributed by atoms with Gasteiger partial charge in [-0.15, -0.1) is 0 Å². The first-order valence-electron chi connectivity index (χ1n) is 8.04. The summed E-state index contributed by atoms with van der Waals surface area (Å²) in [7, 11) is 0. The van der Waals surface area contributed by atoms with Crippen molar-refractivity contribution in [3.8, 4) is 0 Å². The Morgan fingerprint density at radius 3 is 2.62 bits per heavy atom. The Morgan fingerprint density at radius 1 is 1.21 bits per heavy atom. The highest BCUT2D eigenvalue weighted by molar-refractivity contribution is 6.50. The third-order valence-corrected chi connectivity index (χ3v) is 3.49. The highest BCUT2D eigenvalue weighted by Gasteiger charge is 2.15. The third-order valence-electron chi connectivity index (χ3n) is 3.49. The number of aliphatic hydroxyl groups excluding tert-OH is 1. The first-order chi connectivity index (χ1) is 11.6. The molecular weight excluding hydrogens is 304 g/mol. The van der Waals surface area contributed by atoms with Gasteiger partial charge in [0.15, 0.2) is 0 Å². The Bertz CT molecular complexity index is 660. The predicted octanol–water partition coefficient (Wildman–Crippen LogP) is 1.68. The third kappa shape index (κ3) is 5.04. The van der Waals surface area contributed by atoms with E-state index >= 15 is 0 Å². The number of nitrogens with two attached hydrogens (primary N) is 1. The maximum atomic E-state index is 8.73. The molecule has 0 unspecified atom stereocenters. The average molecular weight is 328 g/mol. The molecule has 0 saturated carbocycles. The second-order valence-electron chi connectivity index (χ2n) is 5.34. The van der Waals surface area contributed by atoms with Gasteiger partial charge < -0.3 is 20.9 Å². The van der Waals surface area contributed by atoms with Crippen LogP contribution in [0.15, 0.2) is 52.9 Å². The van der Waals surface area contributed by atoms with Crippen LogP contribution in [0.1, 0.15) is 12.5 Å². The zero-order valence-corrected chi connectivity index (χ0v) is 13.9. The molecule has 0 aliphatic heterocycles. The van der Waals surface area contributed by atoms with Crippen LogP contribution in [0.4, 0.5) is 5.69 Å². The molecule has 0 amide bonds. The Balaban J connectivity index is 2.06. The number of allylic oxidation sites excluding steroid dienone is 2. The molecule has 0 spiro atoms. The Labute approximate surface area is 142 Å². The standard InChI is InChI=1S/C18H24N4O2/c1-2-24-18-12-17(15(19)11-16(18)20)22-14-5-3-13(4-6-14)7-8-21-9-10-23/h3-6,11-12,19,21,23H,2,7-10,20H2,1H3. The average Bonchev–Trinajstić information content (AvgIpc) is 2.57. The molecule has 0 bridgehead atoms. The van der Waals surface area contributed by atoms with E-state index in [2.05, 4.69) is 10.3 Å². The van der Waals surface area contributed by atoms with Crippen LogP contribution in [0, 0.1) is 5.41 Å². The lowest BCUT2D eigenvalue weighted by Gasteiger charge is -2.14. The summed E-state index contributed by atoms with van der Waals surface area (Å²) in [5.41, 5.74) is 9.08. The number of aliphatic imine (C=N–C) groups is 1. The molecule has 1 aromatic carbocycles. The van der Waals surface area contributed by atoms with Crippen molar-refractivity contribution in [3.05, 3.63) is 53.4 Å². The van der Waals surface area contributed by atoms with E-state index in [0.717, 1.165) is 18.7 Å². The molecule has 6 heteroatoms. The molecule has 2 rings (SSSR count). The van der Waals surface area contributed by atoms with Gasteiger partial charge in [0, 0.05) is 12.6 Å². The quantitative estimate of drug-likeness (QED) is 0.430. The number of hydrogen-bond donors (Lipinski definition) is 4. The zero-order valence-electron chi connectivity index (χ0n) is 13.9. The molecule has 1 aliphatic rings. The molecule has 1 aliphatic carbocycles. The summed E-state index contributed by atoms with van der Waals surface area (Å²) in [6, 6.07) is 7.89. The van der Waals surface area contributed by atoms with Crippen molar-refractivity contribution in [1.29, 1.82) is 5.41 Å². The minimum Gasteiger partial charge on any atom is -0.492 e. The summed E-state index contributed by atoms with van der Waals surface area (Å²) in [6.07, 6.45) is 4.15. The lowest BCUT2D eigenvalue weighted by molar-refractivity contribution is 0.237. The SMILES string of the molecule is CCOC1=CC(=Nc2ccc(CCNCCO)cc2)C(=N)C=C1N. The summed E-state index contributed by atoms with van der Waals surface area (Å²) in [4.78, 5) is 4.50. The Kier molecular flexibility index (Phi) is 6.72. The summed E-state index contributed by atoms with van der Waals surface area (Å²) < 4.78 is 5.46. The molecule has 6 nitrogen and oxygen atoms in total. The lowest BCUT2D eigenvalue weighted by atomic mass is 10.1. The van der Waals surface area contributed by atoms with E-state index < -0.39 is 0 Å². The first kappa shape index (κ1) is 17.9. The van der Waals surface area contributed by atoms with Gasteiger partial charge in [0.2, 0.25) is 0 Å². The molecule has 0 saturated heterocycles. The number of hydrogen-bond acceptors (Lipinski definition) is 6.